The van der Waals surface area contributed by atoms with Crippen molar-refractivity contribution in [2.24, 2.45) is 0 Å². The van der Waals surface area contributed by atoms with Crippen LogP contribution in [0.2, 0.25) is 0 Å². The lowest BCUT2D eigenvalue weighted by atomic mass is 10.00. The smallest absolute Gasteiger partial charge is 0.272 e. The first-order chi connectivity index (χ1) is 10.3. The van der Waals surface area contributed by atoms with Crippen molar-refractivity contribution in [2.75, 3.05) is 13.1 Å². The van der Waals surface area contributed by atoms with Crippen LogP contribution in [0.25, 0.3) is 0 Å². The molecule has 0 aliphatic carbocycles. The number of carbonyl (C=O) groups is 1. The summed E-state index contributed by atoms with van der Waals surface area (Å²) in [6.07, 6.45) is 4.27. The molecule has 108 valence electrons. The van der Waals surface area contributed by atoms with Gasteiger partial charge in [-0.15, -0.1) is 5.10 Å². The van der Waals surface area contributed by atoms with E-state index in [0.717, 1.165) is 12.1 Å². The number of amides is 1. The number of hydrogen-bond donors (Lipinski definition) is 0. The molecule has 2 aliphatic rings. The van der Waals surface area contributed by atoms with E-state index in [9.17, 15) is 4.79 Å². The van der Waals surface area contributed by atoms with Crippen LogP contribution < -0.4 is 0 Å². The Hall–Kier alpha value is -2.28. The molecule has 0 saturated carbocycles. The lowest BCUT2D eigenvalue weighted by molar-refractivity contribution is -0.0605. The fourth-order valence-electron chi connectivity index (χ4n) is 3.01. The average Bonchev–Trinajstić information content (AvgIpc) is 3.03. The quantitative estimate of drug-likeness (QED) is 0.769. The van der Waals surface area contributed by atoms with E-state index in [1.165, 1.54) is 0 Å². The molecule has 1 saturated heterocycles. The number of piperidine rings is 1. The van der Waals surface area contributed by atoms with Crippen molar-refractivity contribution in [3.05, 3.63) is 42.0 Å². The Kier molecular flexibility index (Phi) is 2.92. The summed E-state index contributed by atoms with van der Waals surface area (Å²) in [7, 11) is 0. The van der Waals surface area contributed by atoms with Crippen molar-refractivity contribution in [3.63, 3.8) is 0 Å². The first-order valence-electron chi connectivity index (χ1n) is 7.04. The monoisotopic (exact) mass is 285 g/mol. The van der Waals surface area contributed by atoms with Crippen LogP contribution in [0.5, 0.6) is 0 Å². The van der Waals surface area contributed by atoms with Crippen LogP contribution in [0.1, 0.15) is 28.6 Å². The Bertz CT molecular complexity index is 656. The highest BCUT2D eigenvalue weighted by Gasteiger charge is 2.38. The molecule has 0 N–H and O–H groups in total. The zero-order chi connectivity index (χ0) is 14.2. The fourth-order valence-corrected chi connectivity index (χ4v) is 3.01. The van der Waals surface area contributed by atoms with Crippen LogP contribution in [0, 0.1) is 0 Å². The van der Waals surface area contributed by atoms with Crippen molar-refractivity contribution >= 4 is 5.91 Å². The van der Waals surface area contributed by atoms with E-state index in [-0.39, 0.29) is 18.1 Å². The summed E-state index contributed by atoms with van der Waals surface area (Å²) in [4.78, 5) is 18.5. The molecule has 2 atom stereocenters. The number of hydrogen-bond acceptors (Lipinski definition) is 5. The third-order valence-electron chi connectivity index (χ3n) is 4.10. The summed E-state index contributed by atoms with van der Waals surface area (Å²) >= 11 is 0. The Morgan fingerprint density at radius 3 is 3.19 bits per heavy atom. The molecule has 21 heavy (non-hydrogen) atoms. The summed E-state index contributed by atoms with van der Waals surface area (Å²) in [6, 6.07) is 5.41. The van der Waals surface area contributed by atoms with Gasteiger partial charge in [0.05, 0.1) is 30.6 Å². The van der Waals surface area contributed by atoms with Gasteiger partial charge in [0, 0.05) is 19.3 Å². The van der Waals surface area contributed by atoms with E-state index in [0.29, 0.717) is 25.4 Å². The third-order valence-corrected chi connectivity index (χ3v) is 4.10. The SMILES string of the molecule is O=C(c1ccccn1)N1CC[C@@H]2OCc3cnnn3[C@@H]2C1. The predicted octanol–water partition coefficient (Wildman–Crippen LogP) is 0.659. The molecule has 0 spiro atoms. The largest absolute Gasteiger partial charge is 0.370 e. The highest BCUT2D eigenvalue weighted by atomic mass is 16.5. The molecule has 4 heterocycles. The van der Waals surface area contributed by atoms with Gasteiger partial charge in [0.2, 0.25) is 0 Å². The highest BCUT2D eigenvalue weighted by Crippen LogP contribution is 2.30. The summed E-state index contributed by atoms with van der Waals surface area (Å²) < 4.78 is 7.74. The first-order valence-corrected chi connectivity index (χ1v) is 7.04. The van der Waals surface area contributed by atoms with E-state index in [4.69, 9.17) is 4.74 Å². The Balaban J connectivity index is 1.58. The van der Waals surface area contributed by atoms with Crippen molar-refractivity contribution in [1.82, 2.24) is 24.9 Å². The second-order valence-corrected chi connectivity index (χ2v) is 5.34. The molecule has 7 heteroatoms. The van der Waals surface area contributed by atoms with Gasteiger partial charge in [-0.2, -0.15) is 0 Å². The lowest BCUT2D eigenvalue weighted by Crippen LogP contribution is -2.50. The third kappa shape index (κ3) is 2.09. The Labute approximate surface area is 121 Å². The number of rotatable bonds is 1. The van der Waals surface area contributed by atoms with Crippen molar-refractivity contribution in [2.45, 2.75) is 25.2 Å². The second-order valence-electron chi connectivity index (χ2n) is 5.34. The zero-order valence-corrected chi connectivity index (χ0v) is 11.4. The molecule has 2 aliphatic heterocycles. The van der Waals surface area contributed by atoms with E-state index in [1.54, 1.807) is 24.5 Å². The Morgan fingerprint density at radius 2 is 2.33 bits per heavy atom. The first kappa shape index (κ1) is 12.5. The molecule has 0 unspecified atom stereocenters. The number of fused-ring (bicyclic) bond motifs is 3. The van der Waals surface area contributed by atoms with Gasteiger partial charge in [0.25, 0.3) is 5.91 Å². The van der Waals surface area contributed by atoms with Crippen LogP contribution in [-0.2, 0) is 11.3 Å². The molecule has 0 radical (unpaired) electrons. The van der Waals surface area contributed by atoms with Crippen LogP contribution in [0.4, 0.5) is 0 Å². The molecule has 7 nitrogen and oxygen atoms in total. The molecule has 0 aromatic carbocycles. The highest BCUT2D eigenvalue weighted by molar-refractivity contribution is 5.92. The van der Waals surface area contributed by atoms with Gasteiger partial charge in [-0.3, -0.25) is 9.78 Å². The van der Waals surface area contributed by atoms with Crippen LogP contribution in [-0.4, -0.2) is 50.0 Å². The molecule has 0 bridgehead atoms. The van der Waals surface area contributed by atoms with Crippen molar-refractivity contribution < 1.29 is 9.53 Å². The minimum atomic E-state index is -0.0405. The molecule has 2 aromatic rings. The number of aromatic nitrogens is 4. The zero-order valence-electron chi connectivity index (χ0n) is 11.4. The molecular formula is C14H15N5O2. The van der Waals surface area contributed by atoms with Crippen molar-refractivity contribution in [1.29, 1.82) is 0 Å². The molecule has 1 amide bonds. The maximum Gasteiger partial charge on any atom is 0.272 e. The van der Waals surface area contributed by atoms with E-state index in [2.05, 4.69) is 15.3 Å². The molecule has 4 rings (SSSR count). The van der Waals surface area contributed by atoms with Gasteiger partial charge in [0.1, 0.15) is 5.69 Å². The van der Waals surface area contributed by atoms with Crippen molar-refractivity contribution in [3.8, 4) is 0 Å². The standard InChI is InChI=1S/C14H15N5O2/c20-14(11-3-1-2-5-15-11)18-6-4-13-12(8-18)19-10(9-21-13)7-16-17-19/h1-3,5,7,12-13H,4,6,8-9H2/t12-,13+/m1/s1. The minimum Gasteiger partial charge on any atom is -0.370 e. The summed E-state index contributed by atoms with van der Waals surface area (Å²) in [5.74, 6) is -0.0405. The minimum absolute atomic E-state index is 0.0395. The summed E-state index contributed by atoms with van der Waals surface area (Å²) in [5.41, 5.74) is 1.44. The average molecular weight is 285 g/mol. The van der Waals surface area contributed by atoms with Crippen LogP contribution in [0.3, 0.4) is 0 Å². The number of likely N-dealkylation sites (tertiary alicyclic amines) is 1. The molecular weight excluding hydrogens is 270 g/mol. The molecule has 1 fully saturated rings. The van der Waals surface area contributed by atoms with E-state index >= 15 is 0 Å². The van der Waals surface area contributed by atoms with E-state index < -0.39 is 0 Å². The lowest BCUT2D eigenvalue weighted by Gasteiger charge is -2.40. The van der Waals surface area contributed by atoms with Crippen LogP contribution in [0.15, 0.2) is 30.6 Å². The molecule has 2 aromatic heterocycles. The summed E-state index contributed by atoms with van der Waals surface area (Å²) in [6.45, 7) is 1.80. The number of carbonyl (C=O) groups excluding carboxylic acids is 1. The number of nitrogens with zero attached hydrogens (tertiary/aromatic N) is 5. The Morgan fingerprint density at radius 1 is 1.38 bits per heavy atom. The second kappa shape index (κ2) is 4.92. The van der Waals surface area contributed by atoms with Gasteiger partial charge in [-0.25, -0.2) is 4.68 Å². The van der Waals surface area contributed by atoms with Gasteiger partial charge in [0.15, 0.2) is 0 Å². The topological polar surface area (TPSA) is 73.1 Å². The fraction of sp³-hybridized carbons (Fsp3) is 0.429. The maximum absolute atomic E-state index is 12.5. The number of ether oxygens (including phenoxy) is 1. The van der Waals surface area contributed by atoms with E-state index in [1.807, 2.05) is 15.6 Å². The number of pyridine rings is 1. The van der Waals surface area contributed by atoms with Gasteiger partial charge < -0.3 is 9.64 Å². The van der Waals surface area contributed by atoms with Crippen LogP contribution >= 0.6 is 0 Å². The van der Waals surface area contributed by atoms with Gasteiger partial charge in [-0.05, 0) is 18.6 Å². The van der Waals surface area contributed by atoms with Gasteiger partial charge in [-0.1, -0.05) is 11.3 Å². The predicted molar refractivity (Wildman–Crippen MR) is 72.4 cm³/mol. The maximum atomic E-state index is 12.5. The normalized spacial score (nSPS) is 24.3. The summed E-state index contributed by atoms with van der Waals surface area (Å²) in [5, 5.41) is 8.08. The van der Waals surface area contributed by atoms with Gasteiger partial charge >= 0.3 is 0 Å².